The van der Waals surface area contributed by atoms with Crippen molar-refractivity contribution in [2.75, 3.05) is 11.9 Å². The fourth-order valence-electron chi connectivity index (χ4n) is 1.80. The highest BCUT2D eigenvalue weighted by Gasteiger charge is 2.02. The molecule has 2 N–H and O–H groups in total. The van der Waals surface area contributed by atoms with Crippen LogP contribution in [0, 0.1) is 0 Å². The van der Waals surface area contributed by atoms with Crippen LogP contribution in [0.1, 0.15) is 19.4 Å². The summed E-state index contributed by atoms with van der Waals surface area (Å²) in [6.45, 7) is 4.06. The molecule has 23 heavy (non-hydrogen) atoms. The third-order valence-corrected chi connectivity index (χ3v) is 2.77. The molecule has 0 unspecified atom stereocenters. The maximum atomic E-state index is 11.7. The SMILES string of the molecule is CC(C)Oc1cccc(NCC(=O)NN=Cc2ccncc2)c1. The van der Waals surface area contributed by atoms with E-state index in [0.29, 0.717) is 0 Å². The van der Waals surface area contributed by atoms with Crippen LogP contribution in [-0.2, 0) is 4.79 Å². The minimum Gasteiger partial charge on any atom is -0.491 e. The number of hydrogen-bond donors (Lipinski definition) is 2. The number of pyridine rings is 1. The number of rotatable bonds is 7. The van der Waals surface area contributed by atoms with Crippen LogP contribution < -0.4 is 15.5 Å². The summed E-state index contributed by atoms with van der Waals surface area (Å²) >= 11 is 0. The second kappa shape index (κ2) is 8.53. The quantitative estimate of drug-likeness (QED) is 0.608. The molecule has 0 fully saturated rings. The number of amides is 1. The minimum atomic E-state index is -0.231. The van der Waals surface area contributed by atoms with E-state index in [-0.39, 0.29) is 18.6 Å². The summed E-state index contributed by atoms with van der Waals surface area (Å²) in [6.07, 6.45) is 5.00. The lowest BCUT2D eigenvalue weighted by Gasteiger charge is -2.11. The molecule has 0 atom stereocenters. The van der Waals surface area contributed by atoms with E-state index in [1.807, 2.05) is 38.1 Å². The van der Waals surface area contributed by atoms with Gasteiger partial charge in [0.15, 0.2) is 0 Å². The average Bonchev–Trinajstić information content (AvgIpc) is 2.54. The molecule has 1 heterocycles. The van der Waals surface area contributed by atoms with Crippen LogP contribution in [0.5, 0.6) is 5.75 Å². The normalized spacial score (nSPS) is 10.7. The molecule has 2 aromatic rings. The number of aromatic nitrogens is 1. The Hall–Kier alpha value is -2.89. The molecule has 6 heteroatoms. The van der Waals surface area contributed by atoms with Gasteiger partial charge in [0.2, 0.25) is 0 Å². The lowest BCUT2D eigenvalue weighted by atomic mass is 10.3. The number of nitrogens with one attached hydrogen (secondary N) is 2. The van der Waals surface area contributed by atoms with Gasteiger partial charge in [-0.2, -0.15) is 5.10 Å². The minimum absolute atomic E-state index is 0.107. The summed E-state index contributed by atoms with van der Waals surface area (Å²) in [5, 5.41) is 6.92. The van der Waals surface area contributed by atoms with Crippen LogP contribution in [0.4, 0.5) is 5.69 Å². The van der Waals surface area contributed by atoms with Crippen molar-refractivity contribution in [3.05, 3.63) is 54.4 Å². The van der Waals surface area contributed by atoms with E-state index in [4.69, 9.17) is 4.74 Å². The Morgan fingerprint density at radius 2 is 2.09 bits per heavy atom. The Labute approximate surface area is 135 Å². The second-order valence-electron chi connectivity index (χ2n) is 5.12. The average molecular weight is 312 g/mol. The summed E-state index contributed by atoms with van der Waals surface area (Å²) in [5.74, 6) is 0.534. The molecule has 0 bridgehead atoms. The molecule has 0 spiro atoms. The molecule has 0 saturated carbocycles. The predicted molar refractivity (Wildman–Crippen MR) is 90.7 cm³/mol. The molecule has 1 amide bonds. The zero-order valence-electron chi connectivity index (χ0n) is 13.2. The van der Waals surface area contributed by atoms with E-state index in [1.54, 1.807) is 30.7 Å². The summed E-state index contributed by atoms with van der Waals surface area (Å²) < 4.78 is 5.61. The first-order valence-corrected chi connectivity index (χ1v) is 7.36. The highest BCUT2D eigenvalue weighted by molar-refractivity contribution is 5.84. The predicted octanol–water partition coefficient (Wildman–Crippen LogP) is 2.43. The number of carbonyl (C=O) groups excluding carboxylic acids is 1. The molecule has 0 aliphatic heterocycles. The lowest BCUT2D eigenvalue weighted by molar-refractivity contribution is -0.119. The fourth-order valence-corrected chi connectivity index (χ4v) is 1.80. The van der Waals surface area contributed by atoms with E-state index in [1.165, 1.54) is 0 Å². The summed E-state index contributed by atoms with van der Waals surface area (Å²) in [6, 6.07) is 11.1. The van der Waals surface area contributed by atoms with Crippen molar-refractivity contribution in [1.29, 1.82) is 0 Å². The molecule has 2 rings (SSSR count). The van der Waals surface area contributed by atoms with Crippen LogP contribution in [0.2, 0.25) is 0 Å². The number of ether oxygens (including phenoxy) is 1. The zero-order valence-corrected chi connectivity index (χ0v) is 13.2. The molecule has 6 nitrogen and oxygen atoms in total. The highest BCUT2D eigenvalue weighted by atomic mass is 16.5. The van der Waals surface area contributed by atoms with E-state index >= 15 is 0 Å². The summed E-state index contributed by atoms with van der Waals surface area (Å²) in [4.78, 5) is 15.6. The van der Waals surface area contributed by atoms with Gasteiger partial charge in [-0.15, -0.1) is 0 Å². The molecule has 1 aromatic heterocycles. The number of hydrazone groups is 1. The highest BCUT2D eigenvalue weighted by Crippen LogP contribution is 2.18. The van der Waals surface area contributed by atoms with Crippen LogP contribution in [-0.4, -0.2) is 29.8 Å². The first-order chi connectivity index (χ1) is 11.1. The Bertz CT molecular complexity index is 657. The smallest absolute Gasteiger partial charge is 0.259 e. The van der Waals surface area contributed by atoms with E-state index in [0.717, 1.165) is 17.0 Å². The number of carbonyl (C=O) groups is 1. The summed E-state index contributed by atoms with van der Waals surface area (Å²) in [7, 11) is 0. The van der Waals surface area contributed by atoms with Gasteiger partial charge in [0.25, 0.3) is 5.91 Å². The van der Waals surface area contributed by atoms with Gasteiger partial charge in [-0.05, 0) is 43.7 Å². The van der Waals surface area contributed by atoms with Gasteiger partial charge >= 0.3 is 0 Å². The Kier molecular flexibility index (Phi) is 6.11. The zero-order chi connectivity index (χ0) is 16.5. The van der Waals surface area contributed by atoms with Gasteiger partial charge in [-0.1, -0.05) is 6.07 Å². The molecule has 0 saturated heterocycles. The van der Waals surface area contributed by atoms with E-state index in [2.05, 4.69) is 20.8 Å². The first kappa shape index (κ1) is 16.5. The van der Waals surface area contributed by atoms with Gasteiger partial charge < -0.3 is 10.1 Å². The molecule has 0 radical (unpaired) electrons. The second-order valence-corrected chi connectivity index (χ2v) is 5.12. The molecular weight excluding hydrogens is 292 g/mol. The van der Waals surface area contributed by atoms with Crippen molar-refractivity contribution in [3.8, 4) is 5.75 Å². The maximum absolute atomic E-state index is 11.7. The molecule has 1 aromatic carbocycles. The largest absolute Gasteiger partial charge is 0.491 e. The standard InChI is InChI=1S/C17H20N4O2/c1-13(2)23-16-5-3-4-15(10-16)19-12-17(22)21-20-11-14-6-8-18-9-7-14/h3-11,13,19H,12H2,1-2H3,(H,21,22). The van der Waals surface area contributed by atoms with Crippen LogP contribution in [0.15, 0.2) is 53.9 Å². The number of anilines is 1. The van der Waals surface area contributed by atoms with Gasteiger partial charge in [0, 0.05) is 24.1 Å². The van der Waals surface area contributed by atoms with Crippen LogP contribution >= 0.6 is 0 Å². The van der Waals surface area contributed by atoms with Crippen LogP contribution in [0.3, 0.4) is 0 Å². The van der Waals surface area contributed by atoms with Crippen molar-refractivity contribution in [2.24, 2.45) is 5.10 Å². The monoisotopic (exact) mass is 312 g/mol. The van der Waals surface area contributed by atoms with Gasteiger partial charge in [-0.3, -0.25) is 9.78 Å². The Balaban J connectivity index is 1.79. The Morgan fingerprint density at radius 3 is 2.83 bits per heavy atom. The fraction of sp³-hybridized carbons (Fsp3) is 0.235. The number of hydrogen-bond acceptors (Lipinski definition) is 5. The third-order valence-electron chi connectivity index (χ3n) is 2.77. The molecule has 120 valence electrons. The van der Waals surface area contributed by atoms with Gasteiger partial charge in [0.1, 0.15) is 5.75 Å². The first-order valence-electron chi connectivity index (χ1n) is 7.36. The Morgan fingerprint density at radius 1 is 1.30 bits per heavy atom. The van der Waals surface area contributed by atoms with Crippen molar-refractivity contribution in [2.45, 2.75) is 20.0 Å². The molecular formula is C17H20N4O2. The van der Waals surface area contributed by atoms with Crippen molar-refractivity contribution < 1.29 is 9.53 Å². The van der Waals surface area contributed by atoms with E-state index in [9.17, 15) is 4.79 Å². The van der Waals surface area contributed by atoms with Crippen molar-refractivity contribution in [3.63, 3.8) is 0 Å². The van der Waals surface area contributed by atoms with Gasteiger partial charge in [-0.25, -0.2) is 5.43 Å². The lowest BCUT2D eigenvalue weighted by Crippen LogP contribution is -2.25. The molecule has 0 aliphatic carbocycles. The number of nitrogens with zero attached hydrogens (tertiary/aromatic N) is 2. The van der Waals surface area contributed by atoms with E-state index < -0.39 is 0 Å². The molecule has 0 aliphatic rings. The third kappa shape index (κ3) is 6.17. The maximum Gasteiger partial charge on any atom is 0.259 e. The van der Waals surface area contributed by atoms with Gasteiger partial charge in [0.05, 0.1) is 18.9 Å². The van der Waals surface area contributed by atoms with Crippen molar-refractivity contribution >= 4 is 17.8 Å². The van der Waals surface area contributed by atoms with Crippen LogP contribution in [0.25, 0.3) is 0 Å². The summed E-state index contributed by atoms with van der Waals surface area (Å²) in [5.41, 5.74) is 4.15. The van der Waals surface area contributed by atoms with Crippen molar-refractivity contribution in [1.82, 2.24) is 10.4 Å². The topological polar surface area (TPSA) is 75.6 Å². The number of benzene rings is 1.